The molecule has 28 heavy (non-hydrogen) atoms. The fourth-order valence-electron chi connectivity index (χ4n) is 3.65. The molecule has 0 unspecified atom stereocenters. The summed E-state index contributed by atoms with van der Waals surface area (Å²) in [7, 11) is 0. The summed E-state index contributed by atoms with van der Waals surface area (Å²) in [6.45, 7) is 4.47. The van der Waals surface area contributed by atoms with Gasteiger partial charge in [-0.3, -0.25) is 9.36 Å². The van der Waals surface area contributed by atoms with Crippen LogP contribution in [0.2, 0.25) is 0 Å². The highest BCUT2D eigenvalue weighted by Gasteiger charge is 2.56. The van der Waals surface area contributed by atoms with Crippen LogP contribution < -0.4 is 11.5 Å². The van der Waals surface area contributed by atoms with E-state index in [1.165, 1.54) is 6.33 Å². The molecule has 0 saturated carbocycles. The molecule has 2 aliphatic rings. The number of fused-ring (bicyclic) bond motifs is 1. The van der Waals surface area contributed by atoms with Gasteiger partial charge in [0, 0.05) is 0 Å². The molecule has 9 heteroatoms. The van der Waals surface area contributed by atoms with Gasteiger partial charge >= 0.3 is 0 Å². The van der Waals surface area contributed by atoms with Gasteiger partial charge in [-0.25, -0.2) is 4.98 Å². The van der Waals surface area contributed by atoms with Crippen LogP contribution in [-0.4, -0.2) is 46.2 Å². The van der Waals surface area contributed by atoms with Gasteiger partial charge < -0.3 is 30.4 Å². The van der Waals surface area contributed by atoms with Gasteiger partial charge in [0.1, 0.15) is 24.1 Å². The molecule has 2 aliphatic heterocycles. The van der Waals surface area contributed by atoms with E-state index in [0.717, 1.165) is 5.56 Å². The predicted octanol–water partition coefficient (Wildman–Crippen LogP) is 1.20. The van der Waals surface area contributed by atoms with Crippen molar-refractivity contribution in [3.05, 3.63) is 47.9 Å². The Bertz CT molecular complexity index is 853. The zero-order valence-corrected chi connectivity index (χ0v) is 15.8. The van der Waals surface area contributed by atoms with Crippen molar-refractivity contribution >= 4 is 11.7 Å². The summed E-state index contributed by atoms with van der Waals surface area (Å²) in [5.41, 5.74) is 12.4. The normalized spacial score (nSPS) is 28.4. The number of anilines is 1. The van der Waals surface area contributed by atoms with Gasteiger partial charge in [0.25, 0.3) is 5.91 Å². The first-order valence-electron chi connectivity index (χ1n) is 9.10. The monoisotopic (exact) mass is 388 g/mol. The van der Waals surface area contributed by atoms with Crippen LogP contribution in [0, 0.1) is 0 Å². The fourth-order valence-corrected chi connectivity index (χ4v) is 3.65. The van der Waals surface area contributed by atoms with E-state index in [9.17, 15) is 4.79 Å². The lowest BCUT2D eigenvalue weighted by Crippen LogP contribution is -2.32. The number of carbonyl (C=O) groups excluding carboxylic acids is 1. The topological polar surface area (TPSA) is 124 Å². The van der Waals surface area contributed by atoms with Crippen LogP contribution in [0.4, 0.5) is 5.82 Å². The highest BCUT2D eigenvalue weighted by molar-refractivity contribution is 5.95. The molecule has 4 N–H and O–H groups in total. The summed E-state index contributed by atoms with van der Waals surface area (Å²) in [5, 5.41) is 0. The maximum Gasteiger partial charge on any atom is 0.271 e. The van der Waals surface area contributed by atoms with Gasteiger partial charge in [0.2, 0.25) is 0 Å². The Labute approximate surface area is 162 Å². The second-order valence-electron chi connectivity index (χ2n) is 7.38. The summed E-state index contributed by atoms with van der Waals surface area (Å²) in [6, 6.07) is 9.88. The number of nitrogens with zero attached hydrogens (tertiary/aromatic N) is 2. The first-order valence-corrected chi connectivity index (χ1v) is 9.10. The van der Waals surface area contributed by atoms with Crippen LogP contribution >= 0.6 is 0 Å². The Hall–Kier alpha value is -2.46. The summed E-state index contributed by atoms with van der Waals surface area (Å²) in [5.74, 6) is -1.33. The van der Waals surface area contributed by atoms with Crippen molar-refractivity contribution in [2.24, 2.45) is 5.73 Å². The molecule has 2 saturated heterocycles. The van der Waals surface area contributed by atoms with Gasteiger partial charge in [0.05, 0.1) is 19.5 Å². The van der Waals surface area contributed by atoms with Crippen LogP contribution in [0.3, 0.4) is 0 Å². The highest BCUT2D eigenvalue weighted by Crippen LogP contribution is 2.44. The van der Waals surface area contributed by atoms with Crippen molar-refractivity contribution in [3.8, 4) is 0 Å². The Balaban J connectivity index is 1.50. The van der Waals surface area contributed by atoms with Crippen molar-refractivity contribution < 1.29 is 23.7 Å². The number of benzene rings is 1. The minimum Gasteiger partial charge on any atom is -0.383 e. The molecule has 1 aromatic carbocycles. The number of imidazole rings is 1. The Morgan fingerprint density at radius 3 is 2.64 bits per heavy atom. The van der Waals surface area contributed by atoms with Gasteiger partial charge in [0.15, 0.2) is 17.7 Å². The molecule has 1 aromatic heterocycles. The summed E-state index contributed by atoms with van der Waals surface area (Å²) in [6.07, 6.45) is -0.289. The smallest absolute Gasteiger partial charge is 0.271 e. The molecule has 0 spiro atoms. The van der Waals surface area contributed by atoms with Crippen molar-refractivity contribution in [3.63, 3.8) is 0 Å². The van der Waals surface area contributed by atoms with Crippen LogP contribution in [0.5, 0.6) is 0 Å². The molecule has 4 rings (SSSR count). The lowest BCUT2D eigenvalue weighted by molar-refractivity contribution is -0.202. The average molecular weight is 388 g/mol. The fraction of sp³-hybridized carbons (Fsp3) is 0.474. The first kappa shape index (κ1) is 18.9. The Morgan fingerprint density at radius 2 is 1.96 bits per heavy atom. The number of nitrogens with two attached hydrogens (primary N) is 2. The van der Waals surface area contributed by atoms with Crippen LogP contribution in [0.15, 0.2) is 36.7 Å². The van der Waals surface area contributed by atoms with Gasteiger partial charge in [-0.15, -0.1) is 0 Å². The lowest BCUT2D eigenvalue weighted by atomic mass is 10.1. The second kappa shape index (κ2) is 7.17. The van der Waals surface area contributed by atoms with E-state index in [-0.39, 0.29) is 23.7 Å². The molecule has 9 nitrogen and oxygen atoms in total. The Morgan fingerprint density at radius 1 is 1.25 bits per heavy atom. The second-order valence-corrected chi connectivity index (χ2v) is 7.38. The van der Waals surface area contributed by atoms with E-state index in [0.29, 0.717) is 13.2 Å². The van der Waals surface area contributed by atoms with Gasteiger partial charge in [-0.2, -0.15) is 0 Å². The van der Waals surface area contributed by atoms with Crippen LogP contribution in [-0.2, 0) is 25.6 Å². The van der Waals surface area contributed by atoms with Crippen molar-refractivity contribution in [2.45, 2.75) is 50.8 Å². The molecule has 150 valence electrons. The molecule has 3 heterocycles. The van der Waals surface area contributed by atoms with E-state index in [1.807, 2.05) is 44.2 Å². The minimum absolute atomic E-state index is 0.00195. The van der Waals surface area contributed by atoms with Crippen molar-refractivity contribution in [1.82, 2.24) is 9.55 Å². The molecule has 4 atom stereocenters. The largest absolute Gasteiger partial charge is 0.383 e. The van der Waals surface area contributed by atoms with Gasteiger partial charge in [-0.05, 0) is 19.4 Å². The summed E-state index contributed by atoms with van der Waals surface area (Å²) >= 11 is 0. The first-order chi connectivity index (χ1) is 13.4. The quantitative estimate of drug-likeness (QED) is 0.762. The van der Waals surface area contributed by atoms with Crippen LogP contribution in [0.25, 0.3) is 0 Å². The number of nitrogen functional groups attached to an aromatic ring is 1. The van der Waals surface area contributed by atoms with E-state index < -0.39 is 24.0 Å². The molecule has 0 aliphatic carbocycles. The predicted molar refractivity (Wildman–Crippen MR) is 99.0 cm³/mol. The maximum absolute atomic E-state index is 11.5. The average Bonchev–Trinajstić information content (AvgIpc) is 3.27. The summed E-state index contributed by atoms with van der Waals surface area (Å²) in [4.78, 5) is 15.5. The number of rotatable bonds is 6. The number of ether oxygens (including phenoxy) is 4. The molecule has 0 bridgehead atoms. The third kappa shape index (κ3) is 3.49. The summed E-state index contributed by atoms with van der Waals surface area (Å²) < 4.78 is 25.6. The molecular formula is C19H24N4O5. The molecule has 1 amide bonds. The molecule has 2 aromatic rings. The third-order valence-corrected chi connectivity index (χ3v) is 4.86. The van der Waals surface area contributed by atoms with E-state index in [2.05, 4.69) is 4.98 Å². The van der Waals surface area contributed by atoms with E-state index in [1.54, 1.807) is 4.57 Å². The van der Waals surface area contributed by atoms with Crippen molar-refractivity contribution in [1.29, 1.82) is 0 Å². The number of hydrogen-bond acceptors (Lipinski definition) is 7. The highest BCUT2D eigenvalue weighted by atomic mass is 16.8. The maximum atomic E-state index is 11.5. The number of carbonyl (C=O) groups is 1. The van der Waals surface area contributed by atoms with Gasteiger partial charge in [-0.1, -0.05) is 30.3 Å². The number of amides is 1. The lowest BCUT2D eigenvalue weighted by Gasteiger charge is -2.25. The SMILES string of the molecule is CC1(C)O[C@@H]2[C@H](O1)[C@@H](COCc1ccccc1)O[C@H]2n1cnc(C(N)=O)c1N. The zero-order chi connectivity index (χ0) is 19.9. The molecule has 2 fully saturated rings. The van der Waals surface area contributed by atoms with E-state index in [4.69, 9.17) is 30.4 Å². The van der Waals surface area contributed by atoms with E-state index >= 15 is 0 Å². The number of aromatic nitrogens is 2. The molecule has 0 radical (unpaired) electrons. The Kier molecular flexibility index (Phi) is 4.84. The molecular weight excluding hydrogens is 364 g/mol. The minimum atomic E-state index is -0.767. The van der Waals surface area contributed by atoms with Crippen molar-refractivity contribution in [2.75, 3.05) is 12.3 Å². The zero-order valence-electron chi connectivity index (χ0n) is 15.8. The number of hydrogen-bond donors (Lipinski definition) is 2. The number of primary amides is 1. The standard InChI is InChI=1S/C19H24N4O5/c1-19(2)27-14-12(9-25-8-11-6-4-3-5-7-11)26-18(15(14)28-19)23-10-22-13(16(23)20)17(21)24/h3-7,10,12,14-15,18H,8-9,20H2,1-2H3,(H2,21,24)/t12-,14-,15-,18-/m1/s1. The van der Waals surface area contributed by atoms with Crippen LogP contribution in [0.1, 0.15) is 36.1 Å². The third-order valence-electron chi connectivity index (χ3n) is 4.86.